The van der Waals surface area contributed by atoms with Crippen LogP contribution in [0.15, 0.2) is 42.5 Å². The summed E-state index contributed by atoms with van der Waals surface area (Å²) in [4.78, 5) is 23.3. The van der Waals surface area contributed by atoms with Gasteiger partial charge in [-0.25, -0.2) is 4.79 Å². The van der Waals surface area contributed by atoms with E-state index < -0.39 is 5.97 Å². The maximum absolute atomic E-state index is 12.3. The summed E-state index contributed by atoms with van der Waals surface area (Å²) in [6.45, 7) is 3.87. The Labute approximate surface area is 141 Å². The standard InChI is InChI=1S/C19H21NO4/c1-12-7-8-17(24-3)16(9-12)13(2)20-18(21)11-14-5-4-6-15(10-14)19(22)23/h4-10,13H,11H2,1-3H3,(H,20,21)(H,22,23). The molecule has 0 radical (unpaired) electrons. The van der Waals surface area contributed by atoms with Crippen molar-refractivity contribution in [2.45, 2.75) is 26.3 Å². The maximum Gasteiger partial charge on any atom is 0.335 e. The molecular weight excluding hydrogens is 306 g/mol. The number of hydrogen-bond acceptors (Lipinski definition) is 3. The van der Waals surface area contributed by atoms with Crippen LogP contribution in [-0.2, 0) is 11.2 Å². The molecule has 0 aliphatic rings. The van der Waals surface area contributed by atoms with Crippen LogP contribution in [0, 0.1) is 6.92 Å². The number of carbonyl (C=O) groups is 2. The van der Waals surface area contributed by atoms with E-state index in [1.54, 1.807) is 19.2 Å². The van der Waals surface area contributed by atoms with E-state index in [-0.39, 0.29) is 23.9 Å². The molecule has 2 N–H and O–H groups in total. The molecule has 1 amide bonds. The van der Waals surface area contributed by atoms with E-state index in [4.69, 9.17) is 9.84 Å². The number of nitrogens with one attached hydrogen (secondary N) is 1. The Kier molecular flexibility index (Phi) is 5.58. The zero-order chi connectivity index (χ0) is 17.7. The molecule has 24 heavy (non-hydrogen) atoms. The largest absolute Gasteiger partial charge is 0.496 e. The Balaban J connectivity index is 2.08. The van der Waals surface area contributed by atoms with Crippen LogP contribution < -0.4 is 10.1 Å². The summed E-state index contributed by atoms with van der Waals surface area (Å²) < 4.78 is 5.35. The molecule has 126 valence electrons. The Hall–Kier alpha value is -2.82. The average molecular weight is 327 g/mol. The van der Waals surface area contributed by atoms with Gasteiger partial charge in [0.25, 0.3) is 0 Å². The Morgan fingerprint density at radius 2 is 1.96 bits per heavy atom. The van der Waals surface area contributed by atoms with Crippen molar-refractivity contribution in [1.82, 2.24) is 5.32 Å². The topological polar surface area (TPSA) is 75.6 Å². The van der Waals surface area contributed by atoms with Crippen molar-refractivity contribution >= 4 is 11.9 Å². The van der Waals surface area contributed by atoms with E-state index in [9.17, 15) is 9.59 Å². The molecule has 0 saturated heterocycles. The fourth-order valence-electron chi connectivity index (χ4n) is 2.56. The zero-order valence-electron chi connectivity index (χ0n) is 14.0. The van der Waals surface area contributed by atoms with Gasteiger partial charge < -0.3 is 15.2 Å². The molecule has 1 unspecified atom stereocenters. The molecule has 0 aliphatic heterocycles. The minimum Gasteiger partial charge on any atom is -0.496 e. The summed E-state index contributed by atoms with van der Waals surface area (Å²) in [6.07, 6.45) is 0.125. The van der Waals surface area contributed by atoms with Gasteiger partial charge >= 0.3 is 5.97 Å². The highest BCUT2D eigenvalue weighted by Gasteiger charge is 2.15. The van der Waals surface area contributed by atoms with Gasteiger partial charge in [-0.2, -0.15) is 0 Å². The molecule has 2 rings (SSSR count). The van der Waals surface area contributed by atoms with Crippen molar-refractivity contribution in [3.05, 3.63) is 64.7 Å². The van der Waals surface area contributed by atoms with Crippen molar-refractivity contribution in [2.75, 3.05) is 7.11 Å². The SMILES string of the molecule is COc1ccc(C)cc1C(C)NC(=O)Cc1cccc(C(=O)O)c1. The zero-order valence-corrected chi connectivity index (χ0v) is 14.0. The summed E-state index contributed by atoms with van der Waals surface area (Å²) in [5.41, 5.74) is 2.83. The minimum absolute atomic E-state index is 0.125. The van der Waals surface area contributed by atoms with Gasteiger partial charge in [-0.05, 0) is 37.6 Å². The first kappa shape index (κ1) is 17.5. The van der Waals surface area contributed by atoms with Crippen LogP contribution in [0.5, 0.6) is 5.75 Å². The number of hydrogen-bond donors (Lipinski definition) is 2. The van der Waals surface area contributed by atoms with Crippen molar-refractivity contribution in [2.24, 2.45) is 0 Å². The highest BCUT2D eigenvalue weighted by Crippen LogP contribution is 2.26. The number of methoxy groups -OCH3 is 1. The van der Waals surface area contributed by atoms with E-state index in [0.717, 1.165) is 16.9 Å². The molecule has 5 nitrogen and oxygen atoms in total. The third kappa shape index (κ3) is 4.35. The number of aromatic carboxylic acids is 1. The fourth-order valence-corrected chi connectivity index (χ4v) is 2.56. The van der Waals surface area contributed by atoms with Crippen molar-refractivity contribution in [3.8, 4) is 5.75 Å². The van der Waals surface area contributed by atoms with Gasteiger partial charge in [-0.1, -0.05) is 29.8 Å². The van der Waals surface area contributed by atoms with Gasteiger partial charge in [0.15, 0.2) is 0 Å². The molecule has 2 aromatic rings. The number of carboxylic acid groups (broad SMARTS) is 1. The predicted octanol–water partition coefficient (Wildman–Crippen LogP) is 3.12. The summed E-state index contributed by atoms with van der Waals surface area (Å²) in [5.74, 6) is -0.454. The smallest absolute Gasteiger partial charge is 0.335 e. The Morgan fingerprint density at radius 3 is 2.62 bits per heavy atom. The normalized spacial score (nSPS) is 11.6. The van der Waals surface area contributed by atoms with E-state index in [1.807, 2.05) is 32.0 Å². The van der Waals surface area contributed by atoms with E-state index in [2.05, 4.69) is 5.32 Å². The van der Waals surface area contributed by atoms with Crippen molar-refractivity contribution in [3.63, 3.8) is 0 Å². The van der Waals surface area contributed by atoms with Crippen LogP contribution in [0.1, 0.15) is 40.0 Å². The molecule has 0 aromatic heterocycles. The second-order valence-corrected chi connectivity index (χ2v) is 5.72. The number of carboxylic acids is 1. The first-order chi connectivity index (χ1) is 11.4. The highest BCUT2D eigenvalue weighted by atomic mass is 16.5. The van der Waals surface area contributed by atoms with E-state index in [0.29, 0.717) is 5.56 Å². The monoisotopic (exact) mass is 327 g/mol. The second-order valence-electron chi connectivity index (χ2n) is 5.72. The summed E-state index contributed by atoms with van der Waals surface area (Å²) >= 11 is 0. The molecule has 2 aromatic carbocycles. The van der Waals surface area contributed by atoms with Crippen LogP contribution in [0.2, 0.25) is 0 Å². The molecule has 0 saturated carbocycles. The summed E-state index contributed by atoms with van der Waals surface area (Å²) in [5, 5.41) is 11.9. The lowest BCUT2D eigenvalue weighted by molar-refractivity contribution is -0.121. The maximum atomic E-state index is 12.3. The highest BCUT2D eigenvalue weighted by molar-refractivity contribution is 5.88. The van der Waals surface area contributed by atoms with Gasteiger partial charge in [0.2, 0.25) is 5.91 Å². The minimum atomic E-state index is -1.00. The van der Waals surface area contributed by atoms with Crippen LogP contribution in [0.4, 0.5) is 0 Å². The van der Waals surface area contributed by atoms with Crippen LogP contribution in [0.3, 0.4) is 0 Å². The third-order valence-corrected chi connectivity index (χ3v) is 3.77. The Morgan fingerprint density at radius 1 is 1.21 bits per heavy atom. The number of amides is 1. The summed E-state index contributed by atoms with van der Waals surface area (Å²) in [7, 11) is 1.60. The fraction of sp³-hybridized carbons (Fsp3) is 0.263. The van der Waals surface area contributed by atoms with Gasteiger partial charge in [-0.3, -0.25) is 4.79 Å². The molecule has 0 bridgehead atoms. The first-order valence-corrected chi connectivity index (χ1v) is 7.67. The van der Waals surface area contributed by atoms with Gasteiger partial charge in [0, 0.05) is 5.56 Å². The van der Waals surface area contributed by atoms with Crippen LogP contribution in [-0.4, -0.2) is 24.1 Å². The van der Waals surface area contributed by atoms with Crippen molar-refractivity contribution in [1.29, 1.82) is 0 Å². The number of benzene rings is 2. The molecule has 5 heteroatoms. The van der Waals surface area contributed by atoms with Crippen LogP contribution in [0.25, 0.3) is 0 Å². The summed E-state index contributed by atoms with van der Waals surface area (Å²) in [6, 6.07) is 12.0. The van der Waals surface area contributed by atoms with Crippen molar-refractivity contribution < 1.29 is 19.4 Å². The lowest BCUT2D eigenvalue weighted by atomic mass is 10.0. The molecule has 0 heterocycles. The number of aryl methyl sites for hydroxylation is 1. The predicted molar refractivity (Wildman–Crippen MR) is 91.4 cm³/mol. The van der Waals surface area contributed by atoms with E-state index in [1.165, 1.54) is 12.1 Å². The first-order valence-electron chi connectivity index (χ1n) is 7.67. The van der Waals surface area contributed by atoms with Gasteiger partial charge in [0.05, 0.1) is 25.1 Å². The molecule has 0 fully saturated rings. The average Bonchev–Trinajstić information content (AvgIpc) is 2.54. The molecule has 0 spiro atoms. The number of carbonyl (C=O) groups excluding carboxylic acids is 1. The second kappa shape index (κ2) is 7.64. The number of rotatable bonds is 6. The third-order valence-electron chi connectivity index (χ3n) is 3.77. The van der Waals surface area contributed by atoms with Gasteiger partial charge in [0.1, 0.15) is 5.75 Å². The quantitative estimate of drug-likeness (QED) is 0.855. The lowest BCUT2D eigenvalue weighted by Crippen LogP contribution is -2.28. The molecule has 1 atom stereocenters. The van der Waals surface area contributed by atoms with E-state index >= 15 is 0 Å². The van der Waals surface area contributed by atoms with Crippen LogP contribution >= 0.6 is 0 Å². The molecular formula is C19H21NO4. The Bertz CT molecular complexity index is 755. The number of ether oxygens (including phenoxy) is 1. The van der Waals surface area contributed by atoms with Gasteiger partial charge in [-0.15, -0.1) is 0 Å². The lowest BCUT2D eigenvalue weighted by Gasteiger charge is -2.18. The molecule has 0 aliphatic carbocycles.